The lowest BCUT2D eigenvalue weighted by Gasteiger charge is -2.43. The summed E-state index contributed by atoms with van der Waals surface area (Å²) < 4.78 is 27.4. The van der Waals surface area contributed by atoms with Crippen LogP contribution in [0.1, 0.15) is 82.6 Å². The summed E-state index contributed by atoms with van der Waals surface area (Å²) in [5, 5.41) is 1.25. The maximum absolute atomic E-state index is 8.27. The summed E-state index contributed by atoms with van der Waals surface area (Å²) in [6.07, 6.45) is 0. The van der Waals surface area contributed by atoms with Crippen molar-refractivity contribution in [2.45, 2.75) is 51.8 Å². The molecule has 14 rings (SSSR count). The van der Waals surface area contributed by atoms with Crippen LogP contribution in [-0.2, 0) is 5.41 Å². The normalized spacial score (nSPS) is 15.1. The van der Waals surface area contributed by atoms with Gasteiger partial charge in [0.25, 0.3) is 6.71 Å². The van der Waals surface area contributed by atoms with Crippen LogP contribution in [0.25, 0.3) is 43.5 Å². The minimum absolute atomic E-state index is 0.0792. The Balaban J connectivity index is 1.07. The third kappa shape index (κ3) is 5.24. The topological polar surface area (TPSA) is 6.48 Å². The predicted octanol–water partition coefficient (Wildman–Crippen LogP) is 15.5. The van der Waals surface area contributed by atoms with Crippen molar-refractivity contribution >= 4 is 78.0 Å². The summed E-state index contributed by atoms with van der Waals surface area (Å²) in [4.78, 5) is 4.92. The summed E-state index contributed by atoms with van der Waals surface area (Å²) in [5.41, 5.74) is 24.7. The first-order chi connectivity index (χ1) is 34.5. The highest BCUT2D eigenvalue weighted by molar-refractivity contribution is 7.33. The molecule has 3 heterocycles. The first-order valence-electron chi connectivity index (χ1n) is 25.6. The molecule has 4 heteroatoms. The van der Waals surface area contributed by atoms with Gasteiger partial charge >= 0.3 is 0 Å². The van der Waals surface area contributed by atoms with Crippen molar-refractivity contribution in [3.63, 3.8) is 0 Å². The molecule has 2 nitrogen and oxygen atoms in total. The van der Waals surface area contributed by atoms with E-state index in [1.807, 2.05) is 23.5 Å². The SMILES string of the molecule is [2H]C([2H])([2H])c1ccc(N2c3cc(-c4c(C(C)C)cccc4C(C)C)ccc3B3c4sc5cc6c(cc5c4N(c4ccccc4)c4cccc2c43)-c2ccccc2C62c3ccccc3-c3ccccc32)cc1. The quantitative estimate of drug-likeness (QED) is 0.159. The van der Waals surface area contributed by atoms with Crippen LogP contribution in [0.4, 0.5) is 34.1 Å². The third-order valence-corrected chi connectivity index (χ3v) is 16.7. The molecule has 10 aromatic rings. The van der Waals surface area contributed by atoms with Gasteiger partial charge in [0.2, 0.25) is 0 Å². The largest absolute Gasteiger partial charge is 0.311 e. The molecule has 1 spiro atoms. The zero-order valence-electron chi connectivity index (χ0n) is 41.5. The Morgan fingerprint density at radius 3 is 1.71 bits per heavy atom. The molecule has 2 aliphatic carbocycles. The summed E-state index contributed by atoms with van der Waals surface area (Å²) in [5.74, 6) is 0.655. The predicted molar refractivity (Wildman–Crippen MR) is 290 cm³/mol. The van der Waals surface area contributed by atoms with E-state index < -0.39 is 12.3 Å². The lowest BCUT2D eigenvalue weighted by atomic mass is 9.36. The van der Waals surface area contributed by atoms with Crippen molar-refractivity contribution in [2.75, 3.05) is 9.80 Å². The minimum atomic E-state index is -2.21. The van der Waals surface area contributed by atoms with E-state index in [0.717, 1.165) is 28.4 Å². The monoisotopic (exact) mass is 891 g/mol. The van der Waals surface area contributed by atoms with Gasteiger partial charge in [0.15, 0.2) is 0 Å². The Kier molecular flexibility index (Phi) is 7.85. The van der Waals surface area contributed by atoms with Gasteiger partial charge in [0.1, 0.15) is 0 Å². The van der Waals surface area contributed by atoms with Crippen LogP contribution in [0.15, 0.2) is 194 Å². The van der Waals surface area contributed by atoms with E-state index in [-0.39, 0.29) is 6.71 Å². The minimum Gasteiger partial charge on any atom is -0.311 e. The van der Waals surface area contributed by atoms with Crippen LogP contribution >= 0.6 is 11.3 Å². The third-order valence-electron chi connectivity index (χ3n) is 15.5. The number of aryl methyl sites for hydroxylation is 1. The van der Waals surface area contributed by atoms with Crippen molar-refractivity contribution in [3.05, 3.63) is 233 Å². The molecule has 0 fully saturated rings. The van der Waals surface area contributed by atoms with E-state index >= 15 is 0 Å². The highest BCUT2D eigenvalue weighted by Crippen LogP contribution is 2.64. The molecule has 0 N–H and O–H groups in total. The molecular weight excluding hydrogens is 840 g/mol. The molecule has 0 radical (unpaired) electrons. The van der Waals surface area contributed by atoms with Gasteiger partial charge in [-0.1, -0.05) is 173 Å². The molecule has 9 aromatic carbocycles. The maximum Gasteiger partial charge on any atom is 0.264 e. The van der Waals surface area contributed by atoms with E-state index in [1.54, 1.807) is 12.1 Å². The first kappa shape index (κ1) is 36.7. The van der Waals surface area contributed by atoms with Gasteiger partial charge in [-0.15, -0.1) is 11.3 Å². The number of nitrogens with zero attached hydrogens (tertiary/aromatic N) is 2. The first-order valence-corrected chi connectivity index (χ1v) is 24.9. The smallest absolute Gasteiger partial charge is 0.264 e. The zero-order chi connectivity index (χ0) is 48.1. The molecule has 68 heavy (non-hydrogen) atoms. The van der Waals surface area contributed by atoms with Gasteiger partial charge in [0.05, 0.1) is 11.1 Å². The van der Waals surface area contributed by atoms with Crippen molar-refractivity contribution in [1.82, 2.24) is 0 Å². The van der Waals surface area contributed by atoms with E-state index in [1.165, 1.54) is 98.2 Å². The number of thiophene rings is 1. The second-order valence-corrected chi connectivity index (χ2v) is 20.8. The summed E-state index contributed by atoms with van der Waals surface area (Å²) in [6, 6.07) is 71.6. The summed E-state index contributed by atoms with van der Waals surface area (Å²) in [6.45, 7) is 6.88. The van der Waals surface area contributed by atoms with Gasteiger partial charge in [-0.3, -0.25) is 0 Å². The highest BCUT2D eigenvalue weighted by Gasteiger charge is 2.52. The van der Waals surface area contributed by atoms with Crippen LogP contribution in [0.3, 0.4) is 0 Å². The summed E-state index contributed by atoms with van der Waals surface area (Å²) in [7, 11) is 0. The average Bonchev–Trinajstić information content (AvgIpc) is 4.01. The fourth-order valence-corrected chi connectivity index (χ4v) is 14.1. The van der Waals surface area contributed by atoms with E-state index in [2.05, 4.69) is 207 Å². The van der Waals surface area contributed by atoms with Crippen molar-refractivity contribution in [1.29, 1.82) is 0 Å². The molecule has 0 atom stereocenters. The zero-order valence-corrected chi connectivity index (χ0v) is 39.3. The second kappa shape index (κ2) is 14.6. The number of hydrogen-bond donors (Lipinski definition) is 0. The fraction of sp³-hybridized carbons (Fsp3) is 0.125. The Hall–Kier alpha value is -7.40. The molecule has 0 bridgehead atoms. The van der Waals surface area contributed by atoms with E-state index in [0.29, 0.717) is 17.4 Å². The Morgan fingerprint density at radius 1 is 0.500 bits per heavy atom. The van der Waals surface area contributed by atoms with Crippen molar-refractivity contribution in [2.24, 2.45) is 0 Å². The number of anilines is 6. The molecule has 324 valence electrons. The van der Waals surface area contributed by atoms with Crippen LogP contribution < -0.4 is 25.5 Å². The van der Waals surface area contributed by atoms with Crippen molar-refractivity contribution < 1.29 is 4.11 Å². The standard InChI is InChI=1S/C64H49BN2S/c1-38(2)44-22-15-23-45(39(3)4)60(44)41-31-34-55-58(35-41)66(43-32-29-40(5)30-33-43)56-27-16-28-57-61(56)65(55)63-62(67(57)42-17-7-6-8-18-42)50-36-49-48-21-11-14-26-53(48)64(54(49)37-59(50)68-63)51-24-12-9-19-46(51)47-20-10-13-25-52(47)64/h6-39H,1-5H3/i5D3. The lowest BCUT2D eigenvalue weighted by Crippen LogP contribution is -2.60. The highest BCUT2D eigenvalue weighted by atomic mass is 32.1. The Labute approximate surface area is 408 Å². The molecule has 2 aliphatic heterocycles. The average molecular weight is 892 g/mol. The number of para-hydroxylation sites is 1. The molecular formula is C64H49BN2S. The van der Waals surface area contributed by atoms with Crippen LogP contribution in [-0.4, -0.2) is 6.71 Å². The van der Waals surface area contributed by atoms with Gasteiger partial charge in [-0.25, -0.2) is 0 Å². The maximum atomic E-state index is 8.27. The van der Waals surface area contributed by atoms with Gasteiger partial charge < -0.3 is 9.80 Å². The molecule has 0 saturated carbocycles. The summed E-state index contributed by atoms with van der Waals surface area (Å²) >= 11 is 1.94. The fourth-order valence-electron chi connectivity index (χ4n) is 12.8. The Morgan fingerprint density at radius 2 is 1.07 bits per heavy atom. The van der Waals surface area contributed by atoms with Crippen LogP contribution in [0, 0.1) is 6.85 Å². The lowest BCUT2D eigenvalue weighted by molar-refractivity contribution is 0.795. The van der Waals surface area contributed by atoms with Gasteiger partial charge in [-0.2, -0.15) is 0 Å². The molecule has 0 unspecified atom stereocenters. The molecule has 1 aromatic heterocycles. The number of rotatable bonds is 5. The second-order valence-electron chi connectivity index (χ2n) is 19.7. The van der Waals surface area contributed by atoms with Crippen molar-refractivity contribution in [3.8, 4) is 33.4 Å². The number of fused-ring (bicyclic) bond motifs is 16. The number of hydrogen-bond acceptors (Lipinski definition) is 3. The molecule has 0 amide bonds. The van der Waals surface area contributed by atoms with E-state index in [9.17, 15) is 0 Å². The van der Waals surface area contributed by atoms with Gasteiger partial charge in [0, 0.05) is 47.4 Å². The van der Waals surface area contributed by atoms with E-state index in [4.69, 9.17) is 4.11 Å². The van der Waals surface area contributed by atoms with Crippen LogP contribution in [0.2, 0.25) is 0 Å². The Bertz CT molecular complexity index is 3780. The van der Waals surface area contributed by atoms with Crippen LogP contribution in [0.5, 0.6) is 0 Å². The number of benzene rings is 9. The van der Waals surface area contributed by atoms with Gasteiger partial charge in [-0.05, 0) is 151 Å². The molecule has 0 saturated heterocycles. The molecule has 4 aliphatic rings.